The van der Waals surface area contributed by atoms with E-state index in [1.807, 2.05) is 18.2 Å². The van der Waals surface area contributed by atoms with E-state index in [1.54, 1.807) is 0 Å². The smallest absolute Gasteiger partial charge is 0.0599 e. The van der Waals surface area contributed by atoms with Crippen molar-refractivity contribution in [2.45, 2.75) is 12.8 Å². The zero-order chi connectivity index (χ0) is 10.7. The van der Waals surface area contributed by atoms with Crippen molar-refractivity contribution >= 4 is 11.4 Å². The molecule has 1 aliphatic rings. The highest BCUT2D eigenvalue weighted by Gasteiger charge is 2.18. The summed E-state index contributed by atoms with van der Waals surface area (Å²) in [5.41, 5.74) is 13.7. The van der Waals surface area contributed by atoms with E-state index in [9.17, 15) is 0 Å². The molecular weight excluding hydrogens is 186 g/mol. The van der Waals surface area contributed by atoms with Crippen LogP contribution in [0, 0.1) is 5.92 Å². The lowest BCUT2D eigenvalue weighted by Crippen LogP contribution is -2.36. The van der Waals surface area contributed by atoms with Crippen molar-refractivity contribution < 1.29 is 0 Å². The molecule has 1 saturated heterocycles. The lowest BCUT2D eigenvalue weighted by molar-refractivity contribution is 0.415. The summed E-state index contributed by atoms with van der Waals surface area (Å²) in [6, 6.07) is 8.08. The molecule has 1 aromatic carbocycles. The lowest BCUT2D eigenvalue weighted by atomic mass is 9.96. The SMILES string of the molecule is NCC1CCN(c2ccccc2N)CC1. The number of rotatable bonds is 2. The second kappa shape index (κ2) is 4.53. The standard InChI is InChI=1S/C12H19N3/c13-9-10-5-7-15(8-6-10)12-4-2-1-3-11(12)14/h1-4,10H,5-9,13-14H2. The summed E-state index contributed by atoms with van der Waals surface area (Å²) in [5, 5.41) is 0. The highest BCUT2D eigenvalue weighted by Crippen LogP contribution is 2.27. The predicted molar refractivity (Wildman–Crippen MR) is 64.8 cm³/mol. The van der Waals surface area contributed by atoms with Crippen molar-refractivity contribution in [2.24, 2.45) is 11.7 Å². The van der Waals surface area contributed by atoms with Crippen molar-refractivity contribution in [3.63, 3.8) is 0 Å². The van der Waals surface area contributed by atoms with E-state index in [0.717, 1.165) is 25.3 Å². The molecule has 0 saturated carbocycles. The van der Waals surface area contributed by atoms with E-state index in [2.05, 4.69) is 11.0 Å². The Kier molecular flexibility index (Phi) is 3.11. The molecule has 0 radical (unpaired) electrons. The molecule has 0 atom stereocenters. The predicted octanol–water partition coefficient (Wildman–Crippen LogP) is 1.44. The second-order valence-corrected chi connectivity index (χ2v) is 4.22. The minimum absolute atomic E-state index is 0.700. The molecule has 0 spiro atoms. The minimum Gasteiger partial charge on any atom is -0.397 e. The summed E-state index contributed by atoms with van der Waals surface area (Å²) in [5.74, 6) is 0.700. The molecule has 3 heteroatoms. The van der Waals surface area contributed by atoms with Gasteiger partial charge in [0.2, 0.25) is 0 Å². The number of benzene rings is 1. The van der Waals surface area contributed by atoms with Crippen molar-refractivity contribution in [1.82, 2.24) is 0 Å². The van der Waals surface area contributed by atoms with Crippen LogP contribution in [0.3, 0.4) is 0 Å². The fourth-order valence-corrected chi connectivity index (χ4v) is 2.19. The molecule has 1 aliphatic heterocycles. The molecule has 2 rings (SSSR count). The Hall–Kier alpha value is -1.22. The maximum Gasteiger partial charge on any atom is 0.0599 e. The number of nitrogens with zero attached hydrogens (tertiary/aromatic N) is 1. The van der Waals surface area contributed by atoms with Gasteiger partial charge in [-0.2, -0.15) is 0 Å². The van der Waals surface area contributed by atoms with Crippen LogP contribution in [0.1, 0.15) is 12.8 Å². The third-order valence-corrected chi connectivity index (χ3v) is 3.23. The van der Waals surface area contributed by atoms with Gasteiger partial charge in [-0.15, -0.1) is 0 Å². The molecular formula is C12H19N3. The van der Waals surface area contributed by atoms with E-state index in [1.165, 1.54) is 18.5 Å². The molecule has 0 unspecified atom stereocenters. The number of nitrogen functional groups attached to an aromatic ring is 1. The largest absolute Gasteiger partial charge is 0.397 e. The van der Waals surface area contributed by atoms with Gasteiger partial charge in [-0.3, -0.25) is 0 Å². The Morgan fingerprint density at radius 1 is 1.20 bits per heavy atom. The average Bonchev–Trinajstić information content (AvgIpc) is 2.30. The summed E-state index contributed by atoms with van der Waals surface area (Å²) in [6.07, 6.45) is 2.37. The van der Waals surface area contributed by atoms with Gasteiger partial charge in [-0.25, -0.2) is 0 Å². The molecule has 15 heavy (non-hydrogen) atoms. The molecule has 0 aromatic heterocycles. The molecule has 0 amide bonds. The Morgan fingerprint density at radius 2 is 1.87 bits per heavy atom. The highest BCUT2D eigenvalue weighted by molar-refractivity contribution is 5.67. The monoisotopic (exact) mass is 205 g/mol. The van der Waals surface area contributed by atoms with Crippen LogP contribution < -0.4 is 16.4 Å². The topological polar surface area (TPSA) is 55.3 Å². The summed E-state index contributed by atoms with van der Waals surface area (Å²) in [6.45, 7) is 2.98. The van der Waals surface area contributed by atoms with Gasteiger partial charge in [0.1, 0.15) is 0 Å². The lowest BCUT2D eigenvalue weighted by Gasteiger charge is -2.33. The number of anilines is 2. The first-order valence-corrected chi connectivity index (χ1v) is 5.61. The van der Waals surface area contributed by atoms with Crippen LogP contribution in [0.4, 0.5) is 11.4 Å². The first kappa shape index (κ1) is 10.3. The molecule has 0 aliphatic carbocycles. The minimum atomic E-state index is 0.700. The van der Waals surface area contributed by atoms with E-state index in [0.29, 0.717) is 5.92 Å². The van der Waals surface area contributed by atoms with E-state index in [-0.39, 0.29) is 0 Å². The molecule has 0 bridgehead atoms. The van der Waals surface area contributed by atoms with E-state index >= 15 is 0 Å². The molecule has 3 nitrogen and oxygen atoms in total. The van der Waals surface area contributed by atoms with Gasteiger partial charge in [0.15, 0.2) is 0 Å². The molecule has 1 heterocycles. The van der Waals surface area contributed by atoms with Gasteiger partial charge in [0.25, 0.3) is 0 Å². The second-order valence-electron chi connectivity index (χ2n) is 4.22. The zero-order valence-electron chi connectivity index (χ0n) is 9.02. The number of hydrogen-bond acceptors (Lipinski definition) is 3. The Labute approximate surface area is 91.1 Å². The highest BCUT2D eigenvalue weighted by atomic mass is 15.1. The number of hydrogen-bond donors (Lipinski definition) is 2. The maximum atomic E-state index is 5.95. The molecule has 82 valence electrons. The average molecular weight is 205 g/mol. The number of para-hydroxylation sites is 2. The van der Waals surface area contributed by atoms with E-state index in [4.69, 9.17) is 11.5 Å². The normalized spacial score (nSPS) is 18.1. The summed E-state index contributed by atoms with van der Waals surface area (Å²) >= 11 is 0. The van der Waals surface area contributed by atoms with Crippen LogP contribution in [0.25, 0.3) is 0 Å². The first-order chi connectivity index (χ1) is 7.31. The number of piperidine rings is 1. The fraction of sp³-hybridized carbons (Fsp3) is 0.500. The van der Waals surface area contributed by atoms with Crippen molar-refractivity contribution in [2.75, 3.05) is 30.3 Å². The third-order valence-electron chi connectivity index (χ3n) is 3.23. The van der Waals surface area contributed by atoms with Crippen LogP contribution in [-0.4, -0.2) is 19.6 Å². The summed E-state index contributed by atoms with van der Waals surface area (Å²) < 4.78 is 0. The van der Waals surface area contributed by atoms with Gasteiger partial charge in [-0.1, -0.05) is 12.1 Å². The van der Waals surface area contributed by atoms with Crippen LogP contribution >= 0.6 is 0 Å². The van der Waals surface area contributed by atoms with Gasteiger partial charge in [0.05, 0.1) is 11.4 Å². The van der Waals surface area contributed by atoms with E-state index < -0.39 is 0 Å². The van der Waals surface area contributed by atoms with Crippen molar-refractivity contribution in [1.29, 1.82) is 0 Å². The molecule has 1 fully saturated rings. The van der Waals surface area contributed by atoms with Gasteiger partial charge >= 0.3 is 0 Å². The zero-order valence-corrected chi connectivity index (χ0v) is 9.02. The van der Waals surface area contributed by atoms with Crippen LogP contribution in [0.2, 0.25) is 0 Å². The Bertz CT molecular complexity index is 316. The Morgan fingerprint density at radius 3 is 2.47 bits per heavy atom. The third kappa shape index (κ3) is 2.23. The maximum absolute atomic E-state index is 5.95. The summed E-state index contributed by atoms with van der Waals surface area (Å²) in [4.78, 5) is 2.36. The molecule has 1 aromatic rings. The quantitative estimate of drug-likeness (QED) is 0.718. The molecule has 4 N–H and O–H groups in total. The first-order valence-electron chi connectivity index (χ1n) is 5.61. The van der Waals surface area contributed by atoms with Crippen molar-refractivity contribution in [3.05, 3.63) is 24.3 Å². The Balaban J connectivity index is 2.04. The van der Waals surface area contributed by atoms with Crippen LogP contribution in [0.5, 0.6) is 0 Å². The number of nitrogens with two attached hydrogens (primary N) is 2. The van der Waals surface area contributed by atoms with Gasteiger partial charge in [0, 0.05) is 13.1 Å². The van der Waals surface area contributed by atoms with Crippen LogP contribution in [0.15, 0.2) is 24.3 Å². The van der Waals surface area contributed by atoms with Crippen LogP contribution in [-0.2, 0) is 0 Å². The summed E-state index contributed by atoms with van der Waals surface area (Å²) in [7, 11) is 0. The van der Waals surface area contributed by atoms with Gasteiger partial charge in [-0.05, 0) is 37.4 Å². The van der Waals surface area contributed by atoms with Crippen molar-refractivity contribution in [3.8, 4) is 0 Å². The fourth-order valence-electron chi connectivity index (χ4n) is 2.19. The van der Waals surface area contributed by atoms with Gasteiger partial charge < -0.3 is 16.4 Å².